The number of nitrogens with zero attached hydrogens (tertiary/aromatic N) is 6. The Morgan fingerprint density at radius 2 is 1.52 bits per heavy atom. The van der Waals surface area contributed by atoms with E-state index >= 15 is 0 Å². The molecule has 0 unspecified atom stereocenters. The van der Waals surface area contributed by atoms with Gasteiger partial charge in [0.2, 0.25) is 5.95 Å². The molecule has 5 aromatic rings. The molecule has 1 N–H and O–H groups in total. The molecular weight excluding hydrogens is 346 g/mol. The first-order chi connectivity index (χ1) is 13.2. The molecule has 0 radical (unpaired) electrons. The van der Waals surface area contributed by atoms with Gasteiger partial charge in [0.1, 0.15) is 6.33 Å². The van der Waals surface area contributed by atoms with Crippen molar-refractivity contribution in [1.29, 1.82) is 0 Å². The molecule has 0 aromatic carbocycles. The van der Waals surface area contributed by atoms with Gasteiger partial charge in [-0.2, -0.15) is 10.1 Å². The second-order valence-corrected chi connectivity index (χ2v) is 5.85. The molecule has 5 aromatic heterocycles. The van der Waals surface area contributed by atoms with Crippen molar-refractivity contribution in [1.82, 2.24) is 34.3 Å². The van der Waals surface area contributed by atoms with Crippen molar-refractivity contribution in [3.63, 3.8) is 0 Å². The number of rotatable bonds is 2. The number of H-pyrrole nitrogens is 1. The van der Waals surface area contributed by atoms with E-state index in [2.05, 4.69) is 25.1 Å². The van der Waals surface area contributed by atoms with Gasteiger partial charge in [-0.3, -0.25) is 23.7 Å². The van der Waals surface area contributed by atoms with E-state index in [9.17, 15) is 9.59 Å². The molecule has 130 valence electrons. The van der Waals surface area contributed by atoms with E-state index in [0.717, 1.165) is 0 Å². The zero-order chi connectivity index (χ0) is 18.4. The summed E-state index contributed by atoms with van der Waals surface area (Å²) in [6.45, 7) is 0. The summed E-state index contributed by atoms with van der Waals surface area (Å²) in [5, 5.41) is 7.09. The molecule has 0 spiro atoms. The van der Waals surface area contributed by atoms with Crippen molar-refractivity contribution < 1.29 is 0 Å². The molecule has 0 bridgehead atoms. The molecule has 9 nitrogen and oxygen atoms in total. The Balaban J connectivity index is 1.82. The van der Waals surface area contributed by atoms with Crippen LogP contribution in [0.2, 0.25) is 0 Å². The maximum absolute atomic E-state index is 13.0. The van der Waals surface area contributed by atoms with Crippen LogP contribution >= 0.6 is 0 Å². The first kappa shape index (κ1) is 15.1. The molecule has 0 aliphatic carbocycles. The van der Waals surface area contributed by atoms with Crippen LogP contribution in [-0.4, -0.2) is 34.3 Å². The number of hydrogen-bond acceptors (Lipinski definition) is 6. The van der Waals surface area contributed by atoms with Gasteiger partial charge in [-0.05, 0) is 30.3 Å². The third-order valence-corrected chi connectivity index (χ3v) is 4.31. The molecule has 9 heteroatoms. The summed E-state index contributed by atoms with van der Waals surface area (Å²) in [6.07, 6.45) is 7.77. The Morgan fingerprint density at radius 3 is 2.19 bits per heavy atom. The molecule has 0 aliphatic heterocycles. The summed E-state index contributed by atoms with van der Waals surface area (Å²) >= 11 is 0. The van der Waals surface area contributed by atoms with E-state index < -0.39 is 0 Å². The van der Waals surface area contributed by atoms with Gasteiger partial charge in [0.15, 0.2) is 0 Å². The minimum atomic E-state index is -0.336. The van der Waals surface area contributed by atoms with E-state index in [-0.39, 0.29) is 11.1 Å². The van der Waals surface area contributed by atoms with Crippen molar-refractivity contribution in [2.24, 2.45) is 0 Å². The third kappa shape index (κ3) is 2.33. The maximum atomic E-state index is 13.0. The van der Waals surface area contributed by atoms with Crippen LogP contribution in [0.15, 0.2) is 71.0 Å². The Bertz CT molecular complexity index is 1400. The molecule has 0 amide bonds. The van der Waals surface area contributed by atoms with Gasteiger partial charge in [-0.1, -0.05) is 0 Å². The molecule has 0 saturated carbocycles. The summed E-state index contributed by atoms with van der Waals surface area (Å²) < 4.78 is 2.82. The van der Waals surface area contributed by atoms with Crippen LogP contribution in [0.5, 0.6) is 0 Å². The molecule has 0 saturated heterocycles. The lowest BCUT2D eigenvalue weighted by Crippen LogP contribution is -2.21. The fourth-order valence-corrected chi connectivity index (χ4v) is 3.01. The zero-order valence-electron chi connectivity index (χ0n) is 13.8. The number of aromatic nitrogens is 7. The molecule has 0 aliphatic rings. The summed E-state index contributed by atoms with van der Waals surface area (Å²) in [7, 11) is 0. The van der Waals surface area contributed by atoms with Crippen molar-refractivity contribution in [2.75, 3.05) is 0 Å². The van der Waals surface area contributed by atoms with Gasteiger partial charge in [-0.15, -0.1) is 0 Å². The first-order valence-corrected chi connectivity index (χ1v) is 8.06. The Morgan fingerprint density at radius 1 is 0.852 bits per heavy atom. The highest BCUT2D eigenvalue weighted by Gasteiger charge is 2.12. The summed E-state index contributed by atoms with van der Waals surface area (Å²) in [5.74, 6) is 0.296. The second kappa shape index (κ2) is 5.70. The van der Waals surface area contributed by atoms with Gasteiger partial charge in [0.05, 0.1) is 27.5 Å². The van der Waals surface area contributed by atoms with Gasteiger partial charge in [0.25, 0.3) is 11.1 Å². The highest BCUT2D eigenvalue weighted by molar-refractivity contribution is 5.91. The van der Waals surface area contributed by atoms with Crippen LogP contribution in [-0.2, 0) is 0 Å². The predicted octanol–water partition coefficient (Wildman–Crippen LogP) is 1.20. The molecule has 5 heterocycles. The topological polar surface area (TPSA) is 111 Å². The lowest BCUT2D eigenvalue weighted by atomic mass is 10.2. The van der Waals surface area contributed by atoms with Crippen molar-refractivity contribution in [3.05, 3.63) is 82.2 Å². The average Bonchev–Trinajstić information content (AvgIpc) is 3.23. The van der Waals surface area contributed by atoms with Gasteiger partial charge >= 0.3 is 0 Å². The smallest absolute Gasteiger partial charge is 0.266 e. The van der Waals surface area contributed by atoms with Crippen molar-refractivity contribution in [3.8, 4) is 11.6 Å². The third-order valence-electron chi connectivity index (χ3n) is 4.31. The van der Waals surface area contributed by atoms with Crippen LogP contribution in [0.1, 0.15) is 0 Å². The van der Waals surface area contributed by atoms with Crippen LogP contribution in [0.25, 0.3) is 33.4 Å². The second-order valence-electron chi connectivity index (χ2n) is 5.85. The normalized spacial score (nSPS) is 11.3. The van der Waals surface area contributed by atoms with E-state index in [1.165, 1.54) is 15.5 Å². The largest absolute Gasteiger partial charge is 0.284 e. The maximum Gasteiger partial charge on any atom is 0.266 e. The minimum absolute atomic E-state index is 0.262. The minimum Gasteiger partial charge on any atom is -0.284 e. The van der Waals surface area contributed by atoms with Crippen LogP contribution < -0.4 is 11.1 Å². The first-order valence-electron chi connectivity index (χ1n) is 8.06. The van der Waals surface area contributed by atoms with E-state index in [0.29, 0.717) is 33.4 Å². The highest BCUT2D eigenvalue weighted by atomic mass is 16.1. The number of fused-ring (bicyclic) bond motifs is 2. The predicted molar refractivity (Wildman–Crippen MR) is 98.2 cm³/mol. The zero-order valence-corrected chi connectivity index (χ0v) is 13.8. The summed E-state index contributed by atoms with van der Waals surface area (Å²) in [4.78, 5) is 38.2. The lowest BCUT2D eigenvalue weighted by molar-refractivity contribution is 0.901. The van der Waals surface area contributed by atoms with Crippen molar-refractivity contribution >= 4 is 21.8 Å². The van der Waals surface area contributed by atoms with E-state index in [1.807, 2.05) is 0 Å². The van der Waals surface area contributed by atoms with Crippen LogP contribution in [0.3, 0.4) is 0 Å². The van der Waals surface area contributed by atoms with E-state index in [1.54, 1.807) is 55.1 Å². The number of nitrogens with one attached hydrogen (secondary N) is 1. The monoisotopic (exact) mass is 357 g/mol. The van der Waals surface area contributed by atoms with Gasteiger partial charge in [-0.25, -0.2) is 10.1 Å². The molecule has 0 atom stereocenters. The average molecular weight is 357 g/mol. The summed E-state index contributed by atoms with van der Waals surface area (Å²) in [5.41, 5.74) is 1.11. The Labute approximate surface area is 150 Å². The highest BCUT2D eigenvalue weighted by Crippen LogP contribution is 2.16. The SMILES string of the molecule is O=c1c2cc3c(=O)n(-c4ncn[nH]4)ccc3nc2ccn1-c1ccncc1. The lowest BCUT2D eigenvalue weighted by Gasteiger charge is -2.08. The van der Waals surface area contributed by atoms with Gasteiger partial charge in [0, 0.05) is 24.8 Å². The van der Waals surface area contributed by atoms with Crippen molar-refractivity contribution in [2.45, 2.75) is 0 Å². The Kier molecular flexibility index (Phi) is 3.20. The Hall–Kier alpha value is -4.14. The van der Waals surface area contributed by atoms with Crippen LogP contribution in [0, 0.1) is 0 Å². The summed E-state index contributed by atoms with van der Waals surface area (Å²) in [6, 6.07) is 8.50. The quantitative estimate of drug-likeness (QED) is 0.475. The molecule has 0 fully saturated rings. The van der Waals surface area contributed by atoms with Gasteiger partial charge < -0.3 is 0 Å². The van der Waals surface area contributed by atoms with E-state index in [4.69, 9.17) is 0 Å². The number of pyridine rings is 4. The fourth-order valence-electron chi connectivity index (χ4n) is 3.01. The number of aromatic amines is 1. The molecule has 27 heavy (non-hydrogen) atoms. The fraction of sp³-hybridized carbons (Fsp3) is 0. The van der Waals surface area contributed by atoms with Crippen LogP contribution in [0.4, 0.5) is 0 Å². The standard InChI is InChI=1S/C18H11N7O2/c26-16-12-9-13-15(4-8-25(17(13)27)18-20-10-21-23-18)22-14(12)3-7-24(16)11-1-5-19-6-2-11/h1-10H,(H,20,21,23). The molecular formula is C18H11N7O2. The molecule has 5 rings (SSSR count). The number of hydrogen-bond donors (Lipinski definition) is 1.